The molecular formula is C12H22N2O4. The SMILES string of the molecule is CC1CCC(NC(=O)NC[C@H](O)C(=O)O)CC1C. The molecule has 1 saturated carbocycles. The van der Waals surface area contributed by atoms with E-state index in [1.54, 1.807) is 0 Å². The Hall–Kier alpha value is -1.30. The van der Waals surface area contributed by atoms with Gasteiger partial charge in [0.2, 0.25) is 0 Å². The Morgan fingerprint density at radius 2 is 1.94 bits per heavy atom. The number of carboxylic acid groups (broad SMARTS) is 1. The molecule has 0 aromatic heterocycles. The summed E-state index contributed by atoms with van der Waals surface area (Å²) < 4.78 is 0. The van der Waals surface area contributed by atoms with Gasteiger partial charge in [-0.25, -0.2) is 9.59 Å². The monoisotopic (exact) mass is 258 g/mol. The lowest BCUT2D eigenvalue weighted by molar-refractivity contribution is -0.146. The quantitative estimate of drug-likeness (QED) is 0.592. The number of urea groups is 1. The number of carbonyl (C=O) groups excluding carboxylic acids is 1. The van der Waals surface area contributed by atoms with Gasteiger partial charge in [0.25, 0.3) is 0 Å². The van der Waals surface area contributed by atoms with Crippen molar-refractivity contribution < 1.29 is 19.8 Å². The molecule has 18 heavy (non-hydrogen) atoms. The lowest BCUT2D eigenvalue weighted by Crippen LogP contribution is -2.47. The van der Waals surface area contributed by atoms with E-state index in [1.807, 2.05) is 0 Å². The van der Waals surface area contributed by atoms with Crippen LogP contribution in [-0.4, -0.2) is 40.9 Å². The van der Waals surface area contributed by atoms with Crippen LogP contribution < -0.4 is 10.6 Å². The fourth-order valence-electron chi connectivity index (χ4n) is 2.19. The first-order valence-corrected chi connectivity index (χ1v) is 6.35. The van der Waals surface area contributed by atoms with Crippen LogP contribution in [0.15, 0.2) is 0 Å². The molecule has 0 aliphatic heterocycles. The van der Waals surface area contributed by atoms with Gasteiger partial charge in [-0.3, -0.25) is 0 Å². The lowest BCUT2D eigenvalue weighted by Gasteiger charge is -2.32. The largest absolute Gasteiger partial charge is 0.479 e. The van der Waals surface area contributed by atoms with Crippen molar-refractivity contribution in [2.45, 2.75) is 45.3 Å². The summed E-state index contributed by atoms with van der Waals surface area (Å²) in [4.78, 5) is 21.9. The van der Waals surface area contributed by atoms with Gasteiger partial charge in [0, 0.05) is 6.04 Å². The van der Waals surface area contributed by atoms with Gasteiger partial charge < -0.3 is 20.8 Å². The maximum atomic E-state index is 11.5. The minimum atomic E-state index is -1.55. The number of carboxylic acids is 1. The van der Waals surface area contributed by atoms with Crippen LogP contribution in [0.4, 0.5) is 4.79 Å². The van der Waals surface area contributed by atoms with E-state index in [0.717, 1.165) is 19.3 Å². The van der Waals surface area contributed by atoms with E-state index in [9.17, 15) is 9.59 Å². The summed E-state index contributed by atoms with van der Waals surface area (Å²) in [5.41, 5.74) is 0. The zero-order chi connectivity index (χ0) is 13.7. The van der Waals surface area contributed by atoms with Crippen LogP contribution in [0.2, 0.25) is 0 Å². The average Bonchev–Trinajstić information content (AvgIpc) is 2.30. The predicted molar refractivity (Wildman–Crippen MR) is 66.1 cm³/mol. The van der Waals surface area contributed by atoms with Crippen LogP contribution in [-0.2, 0) is 4.79 Å². The number of carbonyl (C=O) groups is 2. The van der Waals surface area contributed by atoms with Crippen LogP contribution in [0, 0.1) is 11.8 Å². The Bertz CT molecular complexity index is 308. The zero-order valence-electron chi connectivity index (χ0n) is 10.8. The molecule has 1 fully saturated rings. The van der Waals surface area contributed by atoms with Crippen molar-refractivity contribution >= 4 is 12.0 Å². The molecule has 4 N–H and O–H groups in total. The van der Waals surface area contributed by atoms with E-state index in [4.69, 9.17) is 10.2 Å². The molecule has 2 amide bonds. The minimum absolute atomic E-state index is 0.137. The smallest absolute Gasteiger partial charge is 0.334 e. The fraction of sp³-hybridized carbons (Fsp3) is 0.833. The summed E-state index contributed by atoms with van der Waals surface area (Å²) in [5, 5.41) is 22.6. The number of hydrogen-bond acceptors (Lipinski definition) is 3. The third kappa shape index (κ3) is 4.52. The maximum absolute atomic E-state index is 11.5. The van der Waals surface area contributed by atoms with Crippen molar-refractivity contribution in [2.75, 3.05) is 6.54 Å². The number of amides is 2. The molecule has 0 bridgehead atoms. The van der Waals surface area contributed by atoms with Crippen LogP contribution >= 0.6 is 0 Å². The van der Waals surface area contributed by atoms with E-state index < -0.39 is 18.1 Å². The first-order chi connectivity index (χ1) is 8.40. The fourth-order valence-corrected chi connectivity index (χ4v) is 2.19. The van der Waals surface area contributed by atoms with Gasteiger partial charge in [-0.2, -0.15) is 0 Å². The predicted octanol–water partition coefficient (Wildman–Crippen LogP) is 0.556. The third-order valence-electron chi connectivity index (χ3n) is 3.67. The van der Waals surface area contributed by atoms with Gasteiger partial charge in [-0.05, 0) is 31.1 Å². The van der Waals surface area contributed by atoms with Gasteiger partial charge in [0.15, 0.2) is 6.10 Å². The third-order valence-corrected chi connectivity index (χ3v) is 3.67. The Kier molecular flexibility index (Phi) is 5.40. The van der Waals surface area contributed by atoms with E-state index in [0.29, 0.717) is 11.8 Å². The van der Waals surface area contributed by atoms with Crippen LogP contribution in [0.25, 0.3) is 0 Å². The van der Waals surface area contributed by atoms with Crippen molar-refractivity contribution in [2.24, 2.45) is 11.8 Å². The second-order valence-corrected chi connectivity index (χ2v) is 5.17. The Morgan fingerprint density at radius 3 is 2.50 bits per heavy atom. The van der Waals surface area contributed by atoms with E-state index in [-0.39, 0.29) is 12.6 Å². The maximum Gasteiger partial charge on any atom is 0.334 e. The van der Waals surface area contributed by atoms with Crippen LogP contribution in [0.3, 0.4) is 0 Å². The molecule has 0 saturated heterocycles. The molecule has 6 heteroatoms. The minimum Gasteiger partial charge on any atom is -0.479 e. The van der Waals surface area contributed by atoms with Crippen molar-refractivity contribution in [1.29, 1.82) is 0 Å². The van der Waals surface area contributed by atoms with E-state index in [1.165, 1.54) is 0 Å². The second kappa shape index (κ2) is 6.58. The van der Waals surface area contributed by atoms with Gasteiger partial charge in [-0.1, -0.05) is 13.8 Å². The number of rotatable bonds is 4. The first-order valence-electron chi connectivity index (χ1n) is 6.35. The van der Waals surface area contributed by atoms with Gasteiger partial charge >= 0.3 is 12.0 Å². The van der Waals surface area contributed by atoms with Crippen molar-refractivity contribution in [3.05, 3.63) is 0 Å². The molecule has 0 spiro atoms. The Labute approximate surface area is 107 Å². The average molecular weight is 258 g/mol. The molecule has 1 aliphatic carbocycles. The highest BCUT2D eigenvalue weighted by Gasteiger charge is 2.25. The highest BCUT2D eigenvalue weighted by atomic mass is 16.4. The first kappa shape index (κ1) is 14.8. The number of aliphatic hydroxyl groups excluding tert-OH is 1. The topological polar surface area (TPSA) is 98.7 Å². The normalized spacial score (nSPS) is 29.4. The second-order valence-electron chi connectivity index (χ2n) is 5.17. The number of aliphatic carboxylic acids is 1. The molecule has 3 unspecified atom stereocenters. The molecular weight excluding hydrogens is 236 g/mol. The van der Waals surface area contributed by atoms with E-state index in [2.05, 4.69) is 24.5 Å². The molecule has 4 atom stereocenters. The highest BCUT2D eigenvalue weighted by molar-refractivity contribution is 5.76. The summed E-state index contributed by atoms with van der Waals surface area (Å²) in [5.74, 6) is -0.0796. The summed E-state index contributed by atoms with van der Waals surface area (Å²) in [7, 11) is 0. The van der Waals surface area contributed by atoms with Crippen LogP contribution in [0.1, 0.15) is 33.1 Å². The standard InChI is InChI=1S/C12H22N2O4/c1-7-3-4-9(5-8(7)2)14-12(18)13-6-10(15)11(16)17/h7-10,15H,3-6H2,1-2H3,(H,16,17)(H2,13,14,18)/t7?,8?,9?,10-/m0/s1. The molecule has 6 nitrogen and oxygen atoms in total. The number of aliphatic hydroxyl groups is 1. The number of hydrogen-bond donors (Lipinski definition) is 4. The molecule has 0 aromatic carbocycles. The van der Waals surface area contributed by atoms with Crippen molar-refractivity contribution in [1.82, 2.24) is 10.6 Å². The molecule has 104 valence electrons. The van der Waals surface area contributed by atoms with Crippen molar-refractivity contribution in [3.8, 4) is 0 Å². The van der Waals surface area contributed by atoms with Gasteiger partial charge in [-0.15, -0.1) is 0 Å². The molecule has 0 heterocycles. The van der Waals surface area contributed by atoms with Crippen molar-refractivity contribution in [3.63, 3.8) is 0 Å². The Morgan fingerprint density at radius 1 is 1.28 bits per heavy atom. The molecule has 0 aromatic rings. The summed E-state index contributed by atoms with van der Waals surface area (Å²) >= 11 is 0. The summed E-state index contributed by atoms with van der Waals surface area (Å²) in [6.45, 7) is 4.11. The summed E-state index contributed by atoms with van der Waals surface area (Å²) in [6.07, 6.45) is 1.42. The van der Waals surface area contributed by atoms with E-state index >= 15 is 0 Å². The molecule has 1 aliphatic rings. The Balaban J connectivity index is 2.26. The molecule has 0 radical (unpaired) electrons. The highest BCUT2D eigenvalue weighted by Crippen LogP contribution is 2.29. The van der Waals surface area contributed by atoms with Crippen LogP contribution in [0.5, 0.6) is 0 Å². The molecule has 1 rings (SSSR count). The van der Waals surface area contributed by atoms with Gasteiger partial charge in [0.1, 0.15) is 0 Å². The summed E-state index contributed by atoms with van der Waals surface area (Å²) in [6, 6.07) is -0.278. The van der Waals surface area contributed by atoms with Gasteiger partial charge in [0.05, 0.1) is 6.54 Å². The lowest BCUT2D eigenvalue weighted by atomic mass is 9.79. The number of nitrogens with one attached hydrogen (secondary N) is 2. The zero-order valence-corrected chi connectivity index (χ0v) is 10.8.